The topological polar surface area (TPSA) is 76.8 Å². The molecule has 1 fully saturated rings. The highest BCUT2D eigenvalue weighted by Crippen LogP contribution is 2.37. The molecule has 2 aliphatic heterocycles. The average Bonchev–Trinajstić information content (AvgIpc) is 3.58. The molecule has 6 rings (SSSR count). The van der Waals surface area contributed by atoms with Crippen LogP contribution in [0.4, 0.5) is 4.39 Å². The van der Waals surface area contributed by atoms with Crippen molar-refractivity contribution in [2.24, 2.45) is 4.99 Å². The summed E-state index contributed by atoms with van der Waals surface area (Å²) in [4.78, 5) is 30.5. The second-order valence-electron chi connectivity index (χ2n) is 9.26. The van der Waals surface area contributed by atoms with Crippen molar-refractivity contribution < 1.29 is 18.7 Å². The Kier molecular flexibility index (Phi) is 6.25. The third-order valence-electron chi connectivity index (χ3n) is 6.72. The van der Waals surface area contributed by atoms with Gasteiger partial charge in [0.2, 0.25) is 0 Å². The summed E-state index contributed by atoms with van der Waals surface area (Å²) in [5, 5.41) is 6.30. The number of rotatable bonds is 6. The number of aromatic nitrogens is 2. The van der Waals surface area contributed by atoms with E-state index in [-0.39, 0.29) is 17.6 Å². The van der Waals surface area contributed by atoms with Gasteiger partial charge in [-0.15, -0.1) is 0 Å². The molecule has 190 valence electrons. The van der Waals surface area contributed by atoms with E-state index in [1.165, 1.54) is 18.2 Å². The van der Waals surface area contributed by atoms with Gasteiger partial charge < -0.3 is 9.64 Å². The Bertz CT molecular complexity index is 1680. The number of carbonyl (C=O) groups excluding carboxylic acids is 2. The van der Waals surface area contributed by atoms with Crippen LogP contribution < -0.4 is 10.6 Å². The fourth-order valence-electron chi connectivity index (χ4n) is 4.76. The second-order valence-corrected chi connectivity index (χ2v) is 10.2. The fraction of sp³-hybridized carbons (Fsp3) is 0.172. The van der Waals surface area contributed by atoms with E-state index in [2.05, 4.69) is 20.9 Å². The van der Waals surface area contributed by atoms with Crippen LogP contribution in [0.15, 0.2) is 82.4 Å². The number of benzene rings is 3. The van der Waals surface area contributed by atoms with Gasteiger partial charge in [-0.25, -0.2) is 14.1 Å². The van der Waals surface area contributed by atoms with Crippen molar-refractivity contribution in [1.29, 1.82) is 0 Å². The zero-order chi connectivity index (χ0) is 26.4. The van der Waals surface area contributed by atoms with Crippen molar-refractivity contribution >= 4 is 33.8 Å². The van der Waals surface area contributed by atoms with Gasteiger partial charge in [0.1, 0.15) is 17.6 Å². The van der Waals surface area contributed by atoms with Gasteiger partial charge in [0.15, 0.2) is 6.23 Å². The lowest BCUT2D eigenvalue weighted by atomic mass is 10.0. The number of ether oxygens (including phenoxy) is 1. The Balaban J connectivity index is 1.36. The van der Waals surface area contributed by atoms with E-state index < -0.39 is 12.3 Å². The highest BCUT2D eigenvalue weighted by Gasteiger charge is 2.41. The molecule has 2 atom stereocenters. The molecule has 3 aromatic carbocycles. The summed E-state index contributed by atoms with van der Waals surface area (Å²) in [6.07, 6.45) is 2.57. The maximum Gasteiger partial charge on any atom is 0.270 e. The number of hydrogen-bond acceptors (Lipinski definition) is 4. The highest BCUT2D eigenvalue weighted by molar-refractivity contribution is 9.10. The number of halogens is 2. The van der Waals surface area contributed by atoms with Crippen LogP contribution in [0.3, 0.4) is 0 Å². The van der Waals surface area contributed by atoms with Crippen molar-refractivity contribution in [3.05, 3.63) is 105 Å². The lowest BCUT2D eigenvalue weighted by Gasteiger charge is -2.22. The molecule has 0 unspecified atom stereocenters. The minimum Gasteiger partial charge on any atom is -0.339 e. The first kappa shape index (κ1) is 24.4. The Hall–Kier alpha value is -3.95. The van der Waals surface area contributed by atoms with E-state index in [0.717, 1.165) is 32.1 Å². The fourth-order valence-corrected chi connectivity index (χ4v) is 5.02. The number of amides is 2. The van der Waals surface area contributed by atoms with Gasteiger partial charge in [0.05, 0.1) is 11.0 Å². The molecule has 0 radical (unpaired) electrons. The Morgan fingerprint density at radius 2 is 1.79 bits per heavy atom. The van der Waals surface area contributed by atoms with Crippen molar-refractivity contribution in [3.63, 3.8) is 0 Å². The summed E-state index contributed by atoms with van der Waals surface area (Å²) in [5.74, 6) is -0.727. The third-order valence-corrected chi connectivity index (χ3v) is 7.24. The van der Waals surface area contributed by atoms with E-state index >= 15 is 0 Å². The van der Waals surface area contributed by atoms with Gasteiger partial charge >= 0.3 is 0 Å². The van der Waals surface area contributed by atoms with E-state index in [1.54, 1.807) is 28.6 Å². The molecule has 4 aromatic rings. The zero-order valence-corrected chi connectivity index (χ0v) is 21.9. The summed E-state index contributed by atoms with van der Waals surface area (Å²) in [6, 6.07) is 19.6. The Morgan fingerprint density at radius 3 is 2.55 bits per heavy atom. The predicted molar refractivity (Wildman–Crippen MR) is 142 cm³/mol. The van der Waals surface area contributed by atoms with Gasteiger partial charge in [0, 0.05) is 34.1 Å². The molecule has 0 spiro atoms. The molecular formula is C29H22BrFN4O3. The zero-order valence-electron chi connectivity index (χ0n) is 20.3. The molecule has 2 amide bonds. The largest absolute Gasteiger partial charge is 0.339 e. The van der Waals surface area contributed by atoms with Gasteiger partial charge in [-0.1, -0.05) is 40.2 Å². The highest BCUT2D eigenvalue weighted by atomic mass is 79.9. The molecule has 0 bridgehead atoms. The van der Waals surface area contributed by atoms with Gasteiger partial charge in [-0.05, 0) is 66.9 Å². The SMILES string of the molecule is C[C@@H]1O[C@H](c2nn(-c3ccc(Br)cc3)cc2-c2ccc(F)cc2)N(CCc2ccc3c(c2)=NC(=O)C=3)C1=O. The second kappa shape index (κ2) is 9.74. The molecule has 0 saturated carbocycles. The number of hydrogen-bond donors (Lipinski definition) is 0. The lowest BCUT2D eigenvalue weighted by Crippen LogP contribution is -2.33. The van der Waals surface area contributed by atoms with Crippen LogP contribution in [0.5, 0.6) is 0 Å². The minimum atomic E-state index is -0.719. The maximum absolute atomic E-state index is 13.7. The standard InChI is InChI=1S/C29H22BrFN4O3/c1-17-28(37)34(13-12-18-2-3-20-15-26(36)32-25(20)14-18)29(38-17)27-24(19-4-8-22(31)9-5-19)16-35(33-27)23-10-6-21(30)7-11-23/h2-11,14-17,29H,12-13H2,1H3/t17-,29+/m0/s1. The Morgan fingerprint density at radius 1 is 1.03 bits per heavy atom. The maximum atomic E-state index is 13.7. The van der Waals surface area contributed by atoms with Crippen molar-refractivity contribution in [2.45, 2.75) is 25.7 Å². The van der Waals surface area contributed by atoms with Crippen molar-refractivity contribution in [3.8, 4) is 16.8 Å². The molecular weight excluding hydrogens is 551 g/mol. The lowest BCUT2D eigenvalue weighted by molar-refractivity contribution is -0.130. The third kappa shape index (κ3) is 4.59. The van der Waals surface area contributed by atoms with Crippen LogP contribution in [0.25, 0.3) is 22.9 Å². The monoisotopic (exact) mass is 572 g/mol. The van der Waals surface area contributed by atoms with Crippen molar-refractivity contribution in [1.82, 2.24) is 14.7 Å². The summed E-state index contributed by atoms with van der Waals surface area (Å²) in [6.45, 7) is 2.12. The van der Waals surface area contributed by atoms with E-state index in [0.29, 0.717) is 24.0 Å². The van der Waals surface area contributed by atoms with Crippen LogP contribution in [-0.4, -0.2) is 39.1 Å². The van der Waals surface area contributed by atoms with Gasteiger partial charge in [-0.2, -0.15) is 5.10 Å². The van der Waals surface area contributed by atoms with Crippen molar-refractivity contribution in [2.75, 3.05) is 6.54 Å². The molecule has 1 aromatic heterocycles. The first-order valence-electron chi connectivity index (χ1n) is 12.2. The smallest absolute Gasteiger partial charge is 0.270 e. The quantitative estimate of drug-likeness (QED) is 0.351. The average molecular weight is 573 g/mol. The normalized spacial score (nSPS) is 18.4. The first-order valence-corrected chi connectivity index (χ1v) is 13.0. The van der Waals surface area contributed by atoms with E-state index in [9.17, 15) is 14.0 Å². The minimum absolute atomic E-state index is 0.132. The van der Waals surface area contributed by atoms with Crippen LogP contribution in [0.1, 0.15) is 24.4 Å². The van der Waals surface area contributed by atoms with E-state index in [1.807, 2.05) is 48.7 Å². The molecule has 0 aliphatic carbocycles. The summed E-state index contributed by atoms with van der Waals surface area (Å²) < 4.78 is 22.6. The first-order chi connectivity index (χ1) is 18.4. The van der Waals surface area contributed by atoms with Gasteiger partial charge in [-0.3, -0.25) is 9.59 Å². The molecule has 0 N–H and O–H groups in total. The molecule has 9 heteroatoms. The number of carbonyl (C=O) groups is 2. The Labute approximate surface area is 226 Å². The van der Waals surface area contributed by atoms with Crippen LogP contribution in [0.2, 0.25) is 0 Å². The molecule has 1 saturated heterocycles. The van der Waals surface area contributed by atoms with Crippen LogP contribution >= 0.6 is 15.9 Å². The van der Waals surface area contributed by atoms with E-state index in [4.69, 9.17) is 9.84 Å². The van der Waals surface area contributed by atoms with Crippen LogP contribution in [0, 0.1) is 5.82 Å². The number of nitrogens with zero attached hydrogens (tertiary/aromatic N) is 4. The summed E-state index contributed by atoms with van der Waals surface area (Å²) in [7, 11) is 0. The van der Waals surface area contributed by atoms with Gasteiger partial charge in [0.25, 0.3) is 11.8 Å². The summed E-state index contributed by atoms with van der Waals surface area (Å²) in [5.41, 5.74) is 3.87. The molecule has 7 nitrogen and oxygen atoms in total. The molecule has 2 aliphatic rings. The summed E-state index contributed by atoms with van der Waals surface area (Å²) >= 11 is 3.46. The number of fused-ring (bicyclic) bond motifs is 1. The molecule has 3 heterocycles. The predicted octanol–water partition coefficient (Wildman–Crippen LogP) is 3.87. The van der Waals surface area contributed by atoms with Crippen LogP contribution in [-0.2, 0) is 20.7 Å². The molecule has 38 heavy (non-hydrogen) atoms.